The first-order chi connectivity index (χ1) is 13.3. The summed E-state index contributed by atoms with van der Waals surface area (Å²) in [5.41, 5.74) is -1.16. The highest BCUT2D eigenvalue weighted by molar-refractivity contribution is 5.87. The monoisotopic (exact) mass is 394 g/mol. The van der Waals surface area contributed by atoms with Gasteiger partial charge in [0.2, 0.25) is 0 Å². The number of rotatable bonds is 4. The summed E-state index contributed by atoms with van der Waals surface area (Å²) in [6, 6.07) is -0.473. The Kier molecular flexibility index (Phi) is 4.84. The molecule has 1 aromatic heterocycles. The Morgan fingerprint density at radius 3 is 3.04 bits per heavy atom. The zero-order valence-electron chi connectivity index (χ0n) is 15.9. The van der Waals surface area contributed by atoms with Gasteiger partial charge in [0.15, 0.2) is 5.69 Å². The number of nitrogens with zero attached hydrogens (tertiary/aromatic N) is 3. The molecular formula is C19H24F2N4O3. The van der Waals surface area contributed by atoms with Crippen LogP contribution in [-0.2, 0) is 17.8 Å². The van der Waals surface area contributed by atoms with Crippen LogP contribution < -0.4 is 5.32 Å². The van der Waals surface area contributed by atoms with Gasteiger partial charge in [-0.05, 0) is 13.8 Å². The fourth-order valence-electron chi connectivity index (χ4n) is 4.39. The third-order valence-electron chi connectivity index (χ3n) is 5.97. The Morgan fingerprint density at radius 2 is 2.29 bits per heavy atom. The summed E-state index contributed by atoms with van der Waals surface area (Å²) < 4.78 is 35.4. The van der Waals surface area contributed by atoms with Gasteiger partial charge >= 0.3 is 5.97 Å². The van der Waals surface area contributed by atoms with Gasteiger partial charge in [-0.2, -0.15) is 0 Å². The summed E-state index contributed by atoms with van der Waals surface area (Å²) in [5, 5.41) is 14.4. The number of piperidine rings is 1. The molecule has 0 amide bonds. The molecule has 0 aromatic carbocycles. The van der Waals surface area contributed by atoms with E-state index in [-0.39, 0.29) is 31.0 Å². The summed E-state index contributed by atoms with van der Waals surface area (Å²) in [7, 11) is 0. The Labute approximate surface area is 161 Å². The van der Waals surface area contributed by atoms with Crippen LogP contribution in [0.25, 0.3) is 0 Å². The van der Waals surface area contributed by atoms with Crippen LogP contribution >= 0.6 is 0 Å². The summed E-state index contributed by atoms with van der Waals surface area (Å²) in [6.45, 7) is 5.79. The zero-order chi connectivity index (χ0) is 20.1. The number of esters is 1. The first-order valence-electron chi connectivity index (χ1n) is 9.52. The maximum atomic E-state index is 14.4. The van der Waals surface area contributed by atoms with Gasteiger partial charge in [0.25, 0.3) is 0 Å². The standard InChI is InChI=1S/C19H24F2N4O3/c1-3-28-18(26)15-8-25-5-4-24(9-16(25)23-15)11(2)19(27)10-22-7-12-13(20)6-14(21)17(12)19/h6,8,11-12,22,27H,3-5,7,9-10H2,1-2H3/t11-,12?,19-/m1/s1. The number of fused-ring (bicyclic) bond motifs is 2. The summed E-state index contributed by atoms with van der Waals surface area (Å²) in [6.07, 6.45) is 2.54. The van der Waals surface area contributed by atoms with Crippen LogP contribution in [0.5, 0.6) is 0 Å². The molecule has 0 bridgehead atoms. The van der Waals surface area contributed by atoms with E-state index in [1.54, 1.807) is 13.1 Å². The van der Waals surface area contributed by atoms with Gasteiger partial charge in [-0.3, -0.25) is 4.90 Å². The molecule has 1 saturated heterocycles. The van der Waals surface area contributed by atoms with Gasteiger partial charge in [-0.25, -0.2) is 18.6 Å². The zero-order valence-corrected chi connectivity index (χ0v) is 15.9. The Morgan fingerprint density at radius 1 is 1.50 bits per heavy atom. The van der Waals surface area contributed by atoms with E-state index < -0.39 is 35.2 Å². The van der Waals surface area contributed by atoms with Crippen molar-refractivity contribution in [3.05, 3.63) is 41.0 Å². The van der Waals surface area contributed by atoms with E-state index in [1.165, 1.54) is 0 Å². The number of β-amino-alcohol motifs (C(OH)–C–C–N with tert-alkyl or cyclic N) is 1. The molecule has 4 rings (SSSR count). The molecule has 3 aliphatic rings. The van der Waals surface area contributed by atoms with Crippen LogP contribution in [0.1, 0.15) is 30.2 Å². The molecule has 1 fully saturated rings. The number of hydrogen-bond acceptors (Lipinski definition) is 6. The molecule has 0 radical (unpaired) electrons. The number of halogens is 2. The second-order valence-corrected chi connectivity index (χ2v) is 7.50. The normalized spacial score (nSPS) is 28.6. The highest BCUT2D eigenvalue weighted by Crippen LogP contribution is 2.44. The SMILES string of the molecule is CCOC(=O)c1cn2c(n1)CN([C@H](C)[C@]1(O)CNCC3C(F)=CC(F)=C31)CC2. The summed E-state index contributed by atoms with van der Waals surface area (Å²) >= 11 is 0. The lowest BCUT2D eigenvalue weighted by Gasteiger charge is -2.47. The molecule has 1 unspecified atom stereocenters. The molecule has 0 spiro atoms. The molecular weight excluding hydrogens is 370 g/mol. The highest BCUT2D eigenvalue weighted by atomic mass is 19.1. The lowest BCUT2D eigenvalue weighted by molar-refractivity contribution is -0.0360. The van der Waals surface area contributed by atoms with Gasteiger partial charge in [-0.1, -0.05) is 0 Å². The first-order valence-corrected chi connectivity index (χ1v) is 9.52. The predicted octanol–water partition coefficient (Wildman–Crippen LogP) is 1.30. The number of nitrogens with one attached hydrogen (secondary N) is 1. The number of allylic oxidation sites excluding steroid dienone is 2. The van der Waals surface area contributed by atoms with Gasteiger partial charge in [0, 0.05) is 50.1 Å². The summed E-state index contributed by atoms with van der Waals surface area (Å²) in [5.74, 6) is -1.79. The third kappa shape index (κ3) is 2.98. The number of hydrogen-bond donors (Lipinski definition) is 2. The molecule has 3 atom stereocenters. The second kappa shape index (κ2) is 7.06. The van der Waals surface area contributed by atoms with Crippen LogP contribution in [0, 0.1) is 5.92 Å². The molecule has 2 N–H and O–H groups in total. The first kappa shape index (κ1) is 19.2. The topological polar surface area (TPSA) is 79.6 Å². The van der Waals surface area contributed by atoms with Crippen molar-refractivity contribution in [3.8, 4) is 0 Å². The lowest BCUT2D eigenvalue weighted by atomic mass is 9.77. The molecule has 1 aromatic rings. The van der Waals surface area contributed by atoms with E-state index in [0.717, 1.165) is 6.08 Å². The number of aliphatic hydroxyl groups is 1. The van der Waals surface area contributed by atoms with Crippen molar-refractivity contribution in [1.29, 1.82) is 0 Å². The van der Waals surface area contributed by atoms with Gasteiger partial charge < -0.3 is 19.7 Å². The van der Waals surface area contributed by atoms with E-state index in [1.807, 2.05) is 16.4 Å². The van der Waals surface area contributed by atoms with Crippen molar-refractivity contribution in [2.45, 2.75) is 38.6 Å². The molecule has 2 aliphatic heterocycles. The minimum atomic E-state index is -1.53. The maximum Gasteiger partial charge on any atom is 0.358 e. The minimum Gasteiger partial charge on any atom is -0.461 e. The number of ether oxygens (including phenoxy) is 1. The van der Waals surface area contributed by atoms with Gasteiger partial charge in [0.05, 0.1) is 19.1 Å². The van der Waals surface area contributed by atoms with E-state index in [4.69, 9.17) is 4.74 Å². The van der Waals surface area contributed by atoms with Crippen molar-refractivity contribution >= 4 is 5.97 Å². The Balaban J connectivity index is 1.56. The van der Waals surface area contributed by atoms with Crippen molar-refractivity contribution in [2.75, 3.05) is 26.2 Å². The van der Waals surface area contributed by atoms with Gasteiger partial charge in [-0.15, -0.1) is 0 Å². The third-order valence-corrected chi connectivity index (χ3v) is 5.97. The Bertz CT molecular complexity index is 865. The van der Waals surface area contributed by atoms with E-state index in [0.29, 0.717) is 25.5 Å². The van der Waals surface area contributed by atoms with Gasteiger partial charge in [0.1, 0.15) is 23.1 Å². The fourth-order valence-corrected chi connectivity index (χ4v) is 4.39. The predicted molar refractivity (Wildman–Crippen MR) is 96.7 cm³/mol. The number of imidazole rings is 1. The molecule has 1 aliphatic carbocycles. The molecule has 3 heterocycles. The van der Waals surface area contributed by atoms with Crippen LogP contribution in [0.3, 0.4) is 0 Å². The van der Waals surface area contributed by atoms with E-state index >= 15 is 0 Å². The average molecular weight is 394 g/mol. The van der Waals surface area contributed by atoms with Crippen molar-refractivity contribution in [3.63, 3.8) is 0 Å². The lowest BCUT2D eigenvalue weighted by Crippen LogP contribution is -2.62. The van der Waals surface area contributed by atoms with Crippen LogP contribution in [-0.4, -0.2) is 63.4 Å². The highest BCUT2D eigenvalue weighted by Gasteiger charge is 2.50. The van der Waals surface area contributed by atoms with Crippen molar-refractivity contribution in [2.24, 2.45) is 5.92 Å². The minimum absolute atomic E-state index is 0.123. The molecule has 152 valence electrons. The smallest absolute Gasteiger partial charge is 0.358 e. The quantitative estimate of drug-likeness (QED) is 0.750. The number of aromatic nitrogens is 2. The number of carbonyl (C=O) groups is 1. The summed E-state index contributed by atoms with van der Waals surface area (Å²) in [4.78, 5) is 18.3. The van der Waals surface area contributed by atoms with Crippen LogP contribution in [0.15, 0.2) is 29.5 Å². The largest absolute Gasteiger partial charge is 0.461 e. The van der Waals surface area contributed by atoms with E-state index in [2.05, 4.69) is 10.3 Å². The second-order valence-electron chi connectivity index (χ2n) is 7.50. The molecule has 7 nitrogen and oxygen atoms in total. The molecule has 0 saturated carbocycles. The number of carbonyl (C=O) groups excluding carboxylic acids is 1. The van der Waals surface area contributed by atoms with Crippen LogP contribution in [0.2, 0.25) is 0 Å². The average Bonchev–Trinajstić information content (AvgIpc) is 3.22. The Hall–Kier alpha value is -2.10. The molecule has 9 heteroatoms. The van der Waals surface area contributed by atoms with Crippen LogP contribution in [0.4, 0.5) is 8.78 Å². The maximum absolute atomic E-state index is 14.4. The van der Waals surface area contributed by atoms with E-state index in [9.17, 15) is 18.7 Å². The van der Waals surface area contributed by atoms with Crippen molar-refractivity contribution < 1.29 is 23.4 Å². The van der Waals surface area contributed by atoms with Crippen molar-refractivity contribution in [1.82, 2.24) is 19.8 Å². The fraction of sp³-hybridized carbons (Fsp3) is 0.579. The molecule has 28 heavy (non-hydrogen) atoms.